The van der Waals surface area contributed by atoms with E-state index in [9.17, 15) is 0 Å². The van der Waals surface area contributed by atoms with E-state index < -0.39 is 0 Å². The second kappa shape index (κ2) is 25.1. The van der Waals surface area contributed by atoms with E-state index in [4.69, 9.17) is 0 Å². The van der Waals surface area contributed by atoms with Gasteiger partial charge < -0.3 is 9.80 Å². The summed E-state index contributed by atoms with van der Waals surface area (Å²) in [6.45, 7) is 4.56. The molecule has 0 unspecified atom stereocenters. The van der Waals surface area contributed by atoms with Crippen molar-refractivity contribution in [2.24, 2.45) is 0 Å². The highest BCUT2D eigenvalue weighted by Crippen LogP contribution is 2.48. The van der Waals surface area contributed by atoms with Crippen molar-refractivity contribution in [1.82, 2.24) is 0 Å². The number of benzene rings is 8. The molecule has 0 atom stereocenters. The van der Waals surface area contributed by atoms with Crippen LogP contribution in [0.4, 0.5) is 34.1 Å². The van der Waals surface area contributed by atoms with Crippen LogP contribution in [0.3, 0.4) is 0 Å². The first-order chi connectivity index (χ1) is 36.6. The van der Waals surface area contributed by atoms with Crippen LogP contribution in [0.1, 0.15) is 163 Å². The molecule has 8 aromatic carbocycles. The van der Waals surface area contributed by atoms with Gasteiger partial charge in [0.15, 0.2) is 0 Å². The van der Waals surface area contributed by atoms with Gasteiger partial charge in [0, 0.05) is 39.5 Å². The van der Waals surface area contributed by atoms with E-state index in [0.717, 1.165) is 30.6 Å². The molecule has 2 fully saturated rings. The Bertz CT molecular complexity index is 2900. The van der Waals surface area contributed by atoms with Crippen LogP contribution in [0.25, 0.3) is 22.3 Å². The normalized spacial score (nSPS) is 14.7. The minimum atomic E-state index is -0.0429. The Morgan fingerprint density at radius 3 is 1.09 bits per heavy atom. The van der Waals surface area contributed by atoms with Crippen LogP contribution in [0.5, 0.6) is 0 Å². The van der Waals surface area contributed by atoms with Gasteiger partial charge in [-0.25, -0.2) is 0 Å². The maximum atomic E-state index is 2.47. The van der Waals surface area contributed by atoms with Gasteiger partial charge in [-0.05, 0) is 180 Å². The molecule has 378 valence electrons. The third kappa shape index (κ3) is 12.1. The number of hydrogen-bond acceptors (Lipinski definition) is 2. The first-order valence-corrected chi connectivity index (χ1v) is 28.9. The number of nitrogens with zero attached hydrogens (tertiary/aromatic N) is 2. The molecule has 74 heavy (non-hydrogen) atoms. The minimum Gasteiger partial charge on any atom is -0.311 e. The molecule has 10 rings (SSSR count). The lowest BCUT2D eigenvalue weighted by Crippen LogP contribution is -2.30. The summed E-state index contributed by atoms with van der Waals surface area (Å²) in [4.78, 5) is 4.88. The second-order valence-corrected chi connectivity index (χ2v) is 21.8. The van der Waals surface area contributed by atoms with Crippen molar-refractivity contribution in [2.75, 3.05) is 9.80 Å². The van der Waals surface area contributed by atoms with Gasteiger partial charge in [0.25, 0.3) is 0 Å². The summed E-state index contributed by atoms with van der Waals surface area (Å²) in [5.74, 6) is 0.680. The average Bonchev–Trinajstić information content (AvgIpc) is 3.47. The van der Waals surface area contributed by atoms with Crippen molar-refractivity contribution in [1.29, 1.82) is 0 Å². The van der Waals surface area contributed by atoms with Gasteiger partial charge >= 0.3 is 0 Å². The van der Waals surface area contributed by atoms with Gasteiger partial charge in [-0.1, -0.05) is 218 Å². The molecular weight excluding hydrogens is 893 g/mol. The predicted octanol–water partition coefficient (Wildman–Crippen LogP) is 21.5. The number of rotatable bonds is 21. The number of anilines is 6. The van der Waals surface area contributed by atoms with E-state index in [2.05, 4.69) is 224 Å². The predicted molar refractivity (Wildman–Crippen MR) is 319 cm³/mol. The van der Waals surface area contributed by atoms with Gasteiger partial charge in [-0.2, -0.15) is 0 Å². The van der Waals surface area contributed by atoms with Crippen LogP contribution in [-0.4, -0.2) is 0 Å². The fourth-order valence-corrected chi connectivity index (χ4v) is 12.4. The summed E-state index contributed by atoms with van der Waals surface area (Å²) >= 11 is 0. The lowest BCUT2D eigenvalue weighted by Gasteiger charge is -2.39. The van der Waals surface area contributed by atoms with Crippen molar-refractivity contribution in [3.05, 3.63) is 228 Å². The minimum absolute atomic E-state index is 0.0429. The van der Waals surface area contributed by atoms with Crippen LogP contribution in [0, 0.1) is 0 Å². The van der Waals surface area contributed by atoms with Crippen LogP contribution in [0.2, 0.25) is 0 Å². The molecule has 0 amide bonds. The maximum Gasteiger partial charge on any atom is 0.0462 e. The summed E-state index contributed by atoms with van der Waals surface area (Å²) in [7, 11) is 0. The Balaban J connectivity index is 0.917. The SMILES string of the molecule is CCCCCCc1ccc(-c2ccc(N(c3ccccc3)c3ccc(C4(c5ccc(N(c6ccc(-c7ccc(CCCCCC)cc7)cc6)c6ccc(C7CCCCC7)cc6)cc5)CCCCC4)cc3)cc2)cc1. The summed E-state index contributed by atoms with van der Waals surface area (Å²) in [5, 5.41) is 0. The highest BCUT2D eigenvalue weighted by Gasteiger charge is 2.36. The van der Waals surface area contributed by atoms with Crippen molar-refractivity contribution in [3.8, 4) is 22.3 Å². The molecule has 0 bridgehead atoms. The van der Waals surface area contributed by atoms with Crippen LogP contribution >= 0.6 is 0 Å². The molecule has 0 heterocycles. The van der Waals surface area contributed by atoms with Gasteiger partial charge in [-0.3, -0.25) is 0 Å². The quantitative estimate of drug-likeness (QED) is 0.0662. The lowest BCUT2D eigenvalue weighted by molar-refractivity contribution is 0.346. The number of aryl methyl sites for hydroxylation is 2. The summed E-state index contributed by atoms with van der Waals surface area (Å²) in [5.41, 5.74) is 19.3. The van der Waals surface area contributed by atoms with E-state index in [1.165, 1.54) is 182 Å². The molecular formula is C72H80N2. The van der Waals surface area contributed by atoms with Gasteiger partial charge in [0.2, 0.25) is 0 Å². The summed E-state index contributed by atoms with van der Waals surface area (Å²) in [6.07, 6.45) is 25.5. The molecule has 2 aliphatic carbocycles. The van der Waals surface area contributed by atoms with Crippen molar-refractivity contribution < 1.29 is 0 Å². The smallest absolute Gasteiger partial charge is 0.0462 e. The molecule has 0 saturated heterocycles. The van der Waals surface area contributed by atoms with E-state index >= 15 is 0 Å². The molecule has 2 aliphatic rings. The lowest BCUT2D eigenvalue weighted by atomic mass is 9.65. The molecule has 0 aliphatic heterocycles. The third-order valence-corrected chi connectivity index (χ3v) is 16.8. The molecule has 0 radical (unpaired) electrons. The molecule has 0 aromatic heterocycles. The topological polar surface area (TPSA) is 6.48 Å². The van der Waals surface area contributed by atoms with Crippen LogP contribution < -0.4 is 9.80 Å². The Morgan fingerprint density at radius 2 is 0.689 bits per heavy atom. The zero-order valence-electron chi connectivity index (χ0n) is 44.7. The van der Waals surface area contributed by atoms with E-state index in [1.807, 2.05) is 0 Å². The average molecular weight is 973 g/mol. The number of para-hydroxylation sites is 1. The van der Waals surface area contributed by atoms with E-state index in [-0.39, 0.29) is 5.41 Å². The molecule has 0 spiro atoms. The monoisotopic (exact) mass is 973 g/mol. The van der Waals surface area contributed by atoms with Crippen molar-refractivity contribution in [2.45, 2.75) is 154 Å². The molecule has 2 heteroatoms. The molecule has 8 aromatic rings. The first kappa shape index (κ1) is 50.9. The third-order valence-electron chi connectivity index (χ3n) is 16.8. The van der Waals surface area contributed by atoms with Gasteiger partial charge in [-0.15, -0.1) is 0 Å². The van der Waals surface area contributed by atoms with Crippen molar-refractivity contribution in [3.63, 3.8) is 0 Å². The van der Waals surface area contributed by atoms with Crippen LogP contribution in [-0.2, 0) is 18.3 Å². The Hall–Kier alpha value is -6.64. The van der Waals surface area contributed by atoms with Crippen LogP contribution in [0.15, 0.2) is 200 Å². The van der Waals surface area contributed by atoms with E-state index in [1.54, 1.807) is 0 Å². The Kier molecular flexibility index (Phi) is 17.2. The molecule has 2 nitrogen and oxygen atoms in total. The Morgan fingerprint density at radius 1 is 0.338 bits per heavy atom. The fourth-order valence-electron chi connectivity index (χ4n) is 12.4. The summed E-state index contributed by atoms with van der Waals surface area (Å²) < 4.78 is 0. The fraction of sp³-hybridized carbons (Fsp3) is 0.333. The van der Waals surface area contributed by atoms with Crippen molar-refractivity contribution >= 4 is 34.1 Å². The first-order valence-electron chi connectivity index (χ1n) is 28.9. The zero-order valence-corrected chi connectivity index (χ0v) is 44.7. The maximum absolute atomic E-state index is 2.47. The van der Waals surface area contributed by atoms with E-state index in [0.29, 0.717) is 5.92 Å². The Labute approximate surface area is 445 Å². The van der Waals surface area contributed by atoms with Gasteiger partial charge in [0.05, 0.1) is 0 Å². The number of hydrogen-bond donors (Lipinski definition) is 0. The largest absolute Gasteiger partial charge is 0.311 e. The second-order valence-electron chi connectivity index (χ2n) is 21.8. The van der Waals surface area contributed by atoms with Gasteiger partial charge in [0.1, 0.15) is 0 Å². The molecule has 0 N–H and O–H groups in total. The summed E-state index contributed by atoms with van der Waals surface area (Å²) in [6, 6.07) is 76.7. The highest BCUT2D eigenvalue weighted by molar-refractivity contribution is 5.80. The zero-order chi connectivity index (χ0) is 50.4. The number of unbranched alkanes of at least 4 members (excludes halogenated alkanes) is 6. The standard InChI is InChI=1S/C72H80N2/c1-3-5-7-12-20-56-26-30-59(31-27-56)62-36-46-67(47-37-62)73(66-24-16-10-17-25-66)70-50-40-64(41-51-70)72(54-18-11-19-55-72)65-42-52-71(53-43-65)74(68-44-34-61(35-45-68)58-22-14-9-15-23-58)69-48-38-63(39-49-69)60-32-28-57(29-33-60)21-13-8-6-4-2/h10,16-17,24-53,58H,3-9,11-15,18-23,54-55H2,1-2H3. The highest BCUT2D eigenvalue weighted by atomic mass is 15.1. The molecule has 2 saturated carbocycles.